The number of benzene rings is 1. The molecule has 2 heterocycles. The molecule has 0 bridgehead atoms. The molecule has 0 amide bonds. The highest BCUT2D eigenvalue weighted by Crippen LogP contribution is 2.17. The van der Waals surface area contributed by atoms with Crippen molar-refractivity contribution in [3.8, 4) is 0 Å². The van der Waals surface area contributed by atoms with E-state index in [1.165, 1.54) is 23.2 Å². The van der Waals surface area contributed by atoms with Crippen molar-refractivity contribution in [2.75, 3.05) is 6.67 Å². The Balaban J connectivity index is 0.000000232. The first-order valence-corrected chi connectivity index (χ1v) is 8.54. The van der Waals surface area contributed by atoms with Crippen molar-refractivity contribution in [1.29, 1.82) is 0 Å². The quantitative estimate of drug-likeness (QED) is 0.901. The van der Waals surface area contributed by atoms with Crippen LogP contribution in [0, 0.1) is 0 Å². The van der Waals surface area contributed by atoms with Crippen molar-refractivity contribution in [2.24, 2.45) is 9.98 Å². The molecule has 1 aromatic carbocycles. The number of H-pyrrole nitrogens is 1. The predicted octanol–water partition coefficient (Wildman–Crippen LogP) is 4.14. The van der Waals surface area contributed by atoms with E-state index in [9.17, 15) is 0 Å². The molecule has 0 spiro atoms. The first-order chi connectivity index (χ1) is 11.0. The first kappa shape index (κ1) is 20.1. The van der Waals surface area contributed by atoms with Gasteiger partial charge in [0.05, 0.1) is 16.9 Å². The summed E-state index contributed by atoms with van der Waals surface area (Å²) in [5, 5.41) is 9.17. The van der Waals surface area contributed by atoms with Crippen LogP contribution in [-0.2, 0) is 6.42 Å². The zero-order valence-electron chi connectivity index (χ0n) is 14.9. The minimum atomic E-state index is 0. The van der Waals surface area contributed by atoms with E-state index in [0.29, 0.717) is 18.5 Å². The number of nitrogens with one attached hydrogen (secondary N) is 1. The minimum absolute atomic E-state index is 0. The van der Waals surface area contributed by atoms with Crippen LogP contribution < -0.4 is 10.7 Å². The van der Waals surface area contributed by atoms with Gasteiger partial charge in [0.15, 0.2) is 0 Å². The SMILES string of the molecule is C.CC(C)c1ccc2c(c1)=NCN=2.CCCc1[nH]ncc1C(C)C. The lowest BCUT2D eigenvalue weighted by atomic mass is 10.0. The van der Waals surface area contributed by atoms with Crippen LogP contribution in [0.15, 0.2) is 34.4 Å². The maximum absolute atomic E-state index is 4.28. The van der Waals surface area contributed by atoms with Gasteiger partial charge in [-0.2, -0.15) is 5.10 Å². The summed E-state index contributed by atoms with van der Waals surface area (Å²) in [6.07, 6.45) is 4.24. The second-order valence-corrected chi connectivity index (χ2v) is 6.57. The van der Waals surface area contributed by atoms with E-state index in [1.807, 2.05) is 6.20 Å². The molecule has 24 heavy (non-hydrogen) atoms. The second kappa shape index (κ2) is 9.36. The third-order valence-electron chi connectivity index (χ3n) is 4.02. The molecule has 4 nitrogen and oxygen atoms in total. The minimum Gasteiger partial charge on any atom is -0.282 e. The topological polar surface area (TPSA) is 53.4 Å². The molecule has 0 aliphatic carbocycles. The lowest BCUT2D eigenvalue weighted by molar-refractivity contribution is 0.807. The zero-order chi connectivity index (χ0) is 16.8. The number of rotatable bonds is 4. The zero-order valence-corrected chi connectivity index (χ0v) is 14.9. The molecule has 1 aromatic heterocycles. The molecule has 0 radical (unpaired) electrons. The maximum Gasteiger partial charge on any atom is 0.130 e. The summed E-state index contributed by atoms with van der Waals surface area (Å²) in [5.74, 6) is 1.17. The van der Waals surface area contributed by atoms with E-state index >= 15 is 0 Å². The first-order valence-electron chi connectivity index (χ1n) is 8.54. The van der Waals surface area contributed by atoms with Gasteiger partial charge in [-0.15, -0.1) is 0 Å². The Morgan fingerprint density at radius 2 is 1.75 bits per heavy atom. The van der Waals surface area contributed by atoms with Gasteiger partial charge in [0.25, 0.3) is 0 Å². The number of hydrogen-bond acceptors (Lipinski definition) is 3. The molecule has 0 unspecified atom stereocenters. The summed E-state index contributed by atoms with van der Waals surface area (Å²) in [6.45, 7) is 11.6. The van der Waals surface area contributed by atoms with Crippen LogP contribution in [0.4, 0.5) is 0 Å². The van der Waals surface area contributed by atoms with Gasteiger partial charge in [-0.25, -0.2) is 0 Å². The van der Waals surface area contributed by atoms with E-state index in [2.05, 4.69) is 73.0 Å². The Morgan fingerprint density at radius 1 is 1.04 bits per heavy atom. The molecule has 1 aliphatic heterocycles. The largest absolute Gasteiger partial charge is 0.282 e. The number of aryl methyl sites for hydroxylation is 1. The van der Waals surface area contributed by atoms with Gasteiger partial charge in [-0.1, -0.05) is 54.5 Å². The van der Waals surface area contributed by atoms with Crippen LogP contribution in [0.3, 0.4) is 0 Å². The van der Waals surface area contributed by atoms with E-state index in [0.717, 1.165) is 17.1 Å². The molecule has 1 N–H and O–H groups in total. The van der Waals surface area contributed by atoms with Crippen molar-refractivity contribution in [1.82, 2.24) is 10.2 Å². The molecule has 0 fully saturated rings. The van der Waals surface area contributed by atoms with Crippen LogP contribution in [-0.4, -0.2) is 16.9 Å². The molecule has 0 saturated carbocycles. The summed E-state index contributed by atoms with van der Waals surface area (Å²) in [4.78, 5) is 8.51. The van der Waals surface area contributed by atoms with Crippen LogP contribution in [0.5, 0.6) is 0 Å². The van der Waals surface area contributed by atoms with Gasteiger partial charge in [0, 0.05) is 5.69 Å². The van der Waals surface area contributed by atoms with Crippen LogP contribution in [0.25, 0.3) is 0 Å². The fraction of sp³-hybridized carbons (Fsp3) is 0.550. The number of nitrogens with zero attached hydrogens (tertiary/aromatic N) is 3. The summed E-state index contributed by atoms with van der Waals surface area (Å²) in [6, 6.07) is 6.32. The molecule has 0 atom stereocenters. The maximum atomic E-state index is 4.28. The molecule has 4 heteroatoms. The van der Waals surface area contributed by atoms with Crippen molar-refractivity contribution < 1.29 is 0 Å². The van der Waals surface area contributed by atoms with E-state index in [-0.39, 0.29) is 7.43 Å². The van der Waals surface area contributed by atoms with Crippen molar-refractivity contribution in [3.05, 3.63) is 51.9 Å². The van der Waals surface area contributed by atoms with Gasteiger partial charge < -0.3 is 0 Å². The summed E-state index contributed by atoms with van der Waals surface area (Å²) >= 11 is 0. The van der Waals surface area contributed by atoms with Crippen LogP contribution >= 0.6 is 0 Å². The highest BCUT2D eigenvalue weighted by Gasteiger charge is 2.06. The van der Waals surface area contributed by atoms with Crippen molar-refractivity contribution >= 4 is 0 Å². The number of fused-ring (bicyclic) bond motifs is 1. The Bertz CT molecular complexity index is 741. The fourth-order valence-electron chi connectivity index (χ4n) is 2.62. The predicted molar refractivity (Wildman–Crippen MR) is 101 cm³/mol. The standard InChI is InChI=1S/C10H12N2.C9H16N2.CH4/c1-7(2)8-3-4-9-10(5-8)12-6-11-9;1-4-5-9-8(7(2)3)6-10-11-9;/h3-5,7H,6H2,1-2H3;6-7H,4-5H2,1-3H3,(H,10,11);1H4. The van der Waals surface area contributed by atoms with E-state index < -0.39 is 0 Å². The average Bonchev–Trinajstić information content (AvgIpc) is 3.15. The van der Waals surface area contributed by atoms with E-state index in [1.54, 1.807) is 0 Å². The van der Waals surface area contributed by atoms with Crippen LogP contribution in [0.1, 0.15) is 77.1 Å². The lowest BCUT2D eigenvalue weighted by Gasteiger charge is -2.03. The third kappa shape index (κ3) is 5.02. The molecular weight excluding hydrogens is 296 g/mol. The average molecular weight is 329 g/mol. The van der Waals surface area contributed by atoms with Gasteiger partial charge in [0.1, 0.15) is 6.67 Å². The summed E-state index contributed by atoms with van der Waals surface area (Å²) < 4.78 is 0. The molecule has 3 rings (SSSR count). The number of aromatic nitrogens is 2. The highest BCUT2D eigenvalue weighted by atomic mass is 15.1. The normalized spacial score (nSPS) is 12.0. The highest BCUT2D eigenvalue weighted by molar-refractivity contribution is 5.20. The number of hydrogen-bond donors (Lipinski definition) is 1. The van der Waals surface area contributed by atoms with E-state index in [4.69, 9.17) is 0 Å². The Kier molecular flexibility index (Phi) is 7.83. The molecule has 1 aliphatic rings. The molecule has 132 valence electrons. The molecule has 0 saturated heterocycles. The molecular formula is C20H32N4. The molecule has 2 aromatic rings. The summed E-state index contributed by atoms with van der Waals surface area (Å²) in [5.41, 5.74) is 4.02. The monoisotopic (exact) mass is 328 g/mol. The second-order valence-electron chi connectivity index (χ2n) is 6.57. The smallest absolute Gasteiger partial charge is 0.130 e. The lowest BCUT2D eigenvalue weighted by Crippen LogP contribution is -2.21. The van der Waals surface area contributed by atoms with Gasteiger partial charge in [0.2, 0.25) is 0 Å². The van der Waals surface area contributed by atoms with Gasteiger partial charge >= 0.3 is 0 Å². The fourth-order valence-corrected chi connectivity index (χ4v) is 2.62. The van der Waals surface area contributed by atoms with Crippen LogP contribution in [0.2, 0.25) is 0 Å². The van der Waals surface area contributed by atoms with Gasteiger partial charge in [-0.3, -0.25) is 15.1 Å². The van der Waals surface area contributed by atoms with Gasteiger partial charge in [-0.05, 0) is 41.5 Å². The Labute approximate surface area is 146 Å². The van der Waals surface area contributed by atoms with Crippen molar-refractivity contribution in [3.63, 3.8) is 0 Å². The third-order valence-corrected chi connectivity index (χ3v) is 4.02. The Morgan fingerprint density at radius 3 is 2.38 bits per heavy atom. The van der Waals surface area contributed by atoms with Crippen molar-refractivity contribution in [2.45, 2.75) is 66.7 Å². The summed E-state index contributed by atoms with van der Waals surface area (Å²) in [7, 11) is 0. The number of aromatic amines is 1. The Hall–Kier alpha value is -1.97.